The molecule has 178 valence electrons. The van der Waals surface area contributed by atoms with E-state index in [4.69, 9.17) is 4.42 Å². The maximum Gasteiger partial charge on any atom is 0.216 e. The van der Waals surface area contributed by atoms with Crippen LogP contribution in [0.4, 0.5) is 0 Å². The normalized spacial score (nSPS) is 16.8. The first kappa shape index (κ1) is 22.3. The van der Waals surface area contributed by atoms with Crippen LogP contribution in [0.15, 0.2) is 59.1 Å². The van der Waals surface area contributed by atoms with Gasteiger partial charge in [0, 0.05) is 22.9 Å². The van der Waals surface area contributed by atoms with Crippen LogP contribution in [0.1, 0.15) is 69.7 Å². The average Bonchev–Trinajstić information content (AvgIpc) is 3.18. The molecule has 2 heteroatoms. The van der Waals surface area contributed by atoms with E-state index in [1.165, 1.54) is 67.9 Å². The van der Waals surface area contributed by atoms with Crippen molar-refractivity contribution in [2.75, 3.05) is 0 Å². The average molecular weight is 463 g/mol. The first-order valence-corrected chi connectivity index (χ1v) is 13.0. The van der Waals surface area contributed by atoms with Gasteiger partial charge in [0.05, 0.1) is 5.56 Å². The fourth-order valence-corrected chi connectivity index (χ4v) is 6.33. The van der Waals surface area contributed by atoms with E-state index in [-0.39, 0.29) is 10.8 Å². The van der Waals surface area contributed by atoms with Gasteiger partial charge in [-0.2, -0.15) is 0 Å². The number of hydrogen-bond donors (Lipinski definition) is 0. The van der Waals surface area contributed by atoms with Crippen molar-refractivity contribution < 1.29 is 8.98 Å². The van der Waals surface area contributed by atoms with Gasteiger partial charge in [-0.05, 0) is 82.2 Å². The zero-order chi connectivity index (χ0) is 24.7. The monoisotopic (exact) mass is 462 g/mol. The van der Waals surface area contributed by atoms with Gasteiger partial charge in [-0.15, -0.1) is 0 Å². The lowest BCUT2D eigenvalue weighted by molar-refractivity contribution is -0.660. The van der Waals surface area contributed by atoms with Crippen LogP contribution in [-0.2, 0) is 24.3 Å². The molecule has 0 amide bonds. The second kappa shape index (κ2) is 7.43. The van der Waals surface area contributed by atoms with Crippen molar-refractivity contribution in [2.24, 2.45) is 7.05 Å². The first-order chi connectivity index (χ1) is 16.6. The van der Waals surface area contributed by atoms with Crippen molar-refractivity contribution in [3.05, 3.63) is 77.0 Å². The second-order valence-electron chi connectivity index (χ2n) is 11.9. The molecule has 0 radical (unpaired) electrons. The highest BCUT2D eigenvalue weighted by Gasteiger charge is 2.38. The van der Waals surface area contributed by atoms with E-state index in [1.54, 1.807) is 0 Å². The fraction of sp³-hybridized carbons (Fsp3) is 0.364. The molecule has 1 aliphatic carbocycles. The Morgan fingerprint density at radius 3 is 2.40 bits per heavy atom. The Morgan fingerprint density at radius 1 is 0.857 bits per heavy atom. The summed E-state index contributed by atoms with van der Waals surface area (Å²) in [6.07, 6.45) is 5.62. The molecule has 2 heterocycles. The van der Waals surface area contributed by atoms with E-state index in [0.717, 1.165) is 17.6 Å². The highest BCUT2D eigenvalue weighted by Crippen LogP contribution is 2.49. The lowest BCUT2D eigenvalue weighted by Gasteiger charge is -2.42. The van der Waals surface area contributed by atoms with Crippen molar-refractivity contribution in [1.82, 2.24) is 0 Å². The molecule has 0 fully saturated rings. The Hall–Kier alpha value is -3.13. The van der Waals surface area contributed by atoms with Crippen molar-refractivity contribution in [2.45, 2.75) is 71.6 Å². The molecule has 0 bridgehead atoms. The number of aromatic nitrogens is 1. The smallest absolute Gasteiger partial charge is 0.216 e. The molecular formula is C33H36NO+. The van der Waals surface area contributed by atoms with Gasteiger partial charge in [-0.25, -0.2) is 4.57 Å². The summed E-state index contributed by atoms with van der Waals surface area (Å²) >= 11 is 0. The van der Waals surface area contributed by atoms with Crippen molar-refractivity contribution in [3.63, 3.8) is 0 Å². The summed E-state index contributed by atoms with van der Waals surface area (Å²) in [4.78, 5) is 0. The minimum Gasteiger partial charge on any atom is -0.455 e. The van der Waals surface area contributed by atoms with Crippen molar-refractivity contribution >= 4 is 32.7 Å². The largest absolute Gasteiger partial charge is 0.455 e. The number of benzene rings is 3. The number of aryl methyl sites for hydroxylation is 3. The van der Waals surface area contributed by atoms with E-state index in [0.29, 0.717) is 0 Å². The number of hydrogen-bond acceptors (Lipinski definition) is 1. The van der Waals surface area contributed by atoms with E-state index in [9.17, 15) is 0 Å². The summed E-state index contributed by atoms with van der Waals surface area (Å²) in [5.41, 5.74) is 10.3. The molecule has 0 aliphatic heterocycles. The molecule has 0 unspecified atom stereocenters. The van der Waals surface area contributed by atoms with Crippen molar-refractivity contribution in [1.29, 1.82) is 0 Å². The summed E-state index contributed by atoms with van der Waals surface area (Å²) in [5, 5.41) is 5.06. The highest BCUT2D eigenvalue weighted by atomic mass is 16.3. The maximum absolute atomic E-state index is 6.75. The van der Waals surface area contributed by atoms with Crippen LogP contribution in [-0.4, -0.2) is 0 Å². The standard InChI is InChI=1S/C33H36NO/c1-8-21-13-16-34(7)27(17-21)29-20(2)9-11-23-25-18-22-10-12-26-30(24(22)19-28(25)35-31(23)29)33(5,6)15-14-32(26,3)4/h9-13,16-19H,8,14-15H2,1-7H3/q+1. The number of furan rings is 1. The quantitative estimate of drug-likeness (QED) is 0.241. The summed E-state index contributed by atoms with van der Waals surface area (Å²) in [5.74, 6) is 0. The van der Waals surface area contributed by atoms with Gasteiger partial charge in [0.2, 0.25) is 5.69 Å². The molecule has 1 aliphatic rings. The Bertz CT molecular complexity index is 1650. The number of nitrogens with zero attached hydrogens (tertiary/aromatic N) is 1. The lowest BCUT2D eigenvalue weighted by Crippen LogP contribution is -2.34. The lowest BCUT2D eigenvalue weighted by atomic mass is 9.62. The molecular weight excluding hydrogens is 426 g/mol. The summed E-state index contributed by atoms with van der Waals surface area (Å²) in [6.45, 7) is 14.0. The van der Waals surface area contributed by atoms with Crippen LogP contribution < -0.4 is 4.57 Å². The van der Waals surface area contributed by atoms with E-state index in [2.05, 4.69) is 108 Å². The zero-order valence-corrected chi connectivity index (χ0v) is 22.2. The Balaban J connectivity index is 1.69. The molecule has 2 nitrogen and oxygen atoms in total. The first-order valence-electron chi connectivity index (χ1n) is 13.0. The molecule has 0 saturated carbocycles. The van der Waals surface area contributed by atoms with E-state index >= 15 is 0 Å². The fourth-order valence-electron chi connectivity index (χ4n) is 6.33. The molecule has 0 spiro atoms. The van der Waals surface area contributed by atoms with Gasteiger partial charge in [-0.1, -0.05) is 58.9 Å². The molecule has 0 N–H and O–H groups in total. The highest BCUT2D eigenvalue weighted by molar-refractivity contribution is 6.13. The molecule has 3 aromatic carbocycles. The van der Waals surface area contributed by atoms with Crippen LogP contribution in [0.3, 0.4) is 0 Å². The van der Waals surface area contributed by atoms with Crippen LogP contribution in [0.5, 0.6) is 0 Å². The predicted octanol–water partition coefficient (Wildman–Crippen LogP) is 8.45. The third-order valence-corrected chi connectivity index (χ3v) is 8.65. The number of rotatable bonds is 2. The Labute approximate surface area is 208 Å². The minimum atomic E-state index is 0.153. The summed E-state index contributed by atoms with van der Waals surface area (Å²) < 4.78 is 8.97. The molecule has 2 aromatic heterocycles. The summed E-state index contributed by atoms with van der Waals surface area (Å²) in [7, 11) is 2.13. The van der Waals surface area contributed by atoms with Crippen molar-refractivity contribution in [3.8, 4) is 11.3 Å². The number of fused-ring (bicyclic) bond motifs is 6. The van der Waals surface area contributed by atoms with Gasteiger partial charge in [0.15, 0.2) is 6.20 Å². The molecule has 6 rings (SSSR count). The van der Waals surface area contributed by atoms with Crippen LogP contribution in [0, 0.1) is 6.92 Å². The van der Waals surface area contributed by atoms with E-state index < -0.39 is 0 Å². The third-order valence-electron chi connectivity index (χ3n) is 8.65. The van der Waals surface area contributed by atoms with Gasteiger partial charge < -0.3 is 4.42 Å². The van der Waals surface area contributed by atoms with Gasteiger partial charge in [0.1, 0.15) is 18.2 Å². The summed E-state index contributed by atoms with van der Waals surface area (Å²) in [6, 6.07) is 18.4. The van der Waals surface area contributed by atoms with Gasteiger partial charge >= 0.3 is 0 Å². The SMILES string of the molecule is CCc1cc[n+](C)c(-c2c(C)ccc3c2oc2cc4c5c(ccc4cc23)C(C)(C)CCC5(C)C)c1. The van der Waals surface area contributed by atoms with Crippen LogP contribution in [0.25, 0.3) is 44.0 Å². The number of pyridine rings is 1. The molecule has 5 aromatic rings. The Kier molecular flexibility index (Phi) is 4.75. The zero-order valence-electron chi connectivity index (χ0n) is 22.2. The second-order valence-corrected chi connectivity index (χ2v) is 11.9. The predicted molar refractivity (Wildman–Crippen MR) is 147 cm³/mol. The Morgan fingerprint density at radius 2 is 1.63 bits per heavy atom. The minimum absolute atomic E-state index is 0.153. The van der Waals surface area contributed by atoms with Crippen LogP contribution >= 0.6 is 0 Å². The molecule has 0 atom stereocenters. The topological polar surface area (TPSA) is 17.0 Å². The maximum atomic E-state index is 6.75. The van der Waals surface area contributed by atoms with E-state index in [1.807, 2.05) is 0 Å². The van der Waals surface area contributed by atoms with Gasteiger partial charge in [-0.3, -0.25) is 0 Å². The van der Waals surface area contributed by atoms with Gasteiger partial charge in [0.25, 0.3) is 0 Å². The molecule has 0 saturated heterocycles. The third kappa shape index (κ3) is 3.26. The molecule has 35 heavy (non-hydrogen) atoms. The van der Waals surface area contributed by atoms with Crippen LogP contribution in [0.2, 0.25) is 0 Å².